The zero-order chi connectivity index (χ0) is 8.43. The lowest BCUT2D eigenvalue weighted by atomic mass is 10.1. The highest BCUT2D eigenvalue weighted by atomic mass is 19.1. The molecule has 1 nitrogen and oxygen atoms in total. The summed E-state index contributed by atoms with van der Waals surface area (Å²) in [6.45, 7) is 1.45. The Balaban J connectivity index is 3.08. The third kappa shape index (κ3) is 1.98. The van der Waals surface area contributed by atoms with Crippen molar-refractivity contribution in [1.29, 1.82) is 0 Å². The summed E-state index contributed by atoms with van der Waals surface area (Å²) in [5.41, 5.74) is 0.252. The molecule has 0 amide bonds. The Morgan fingerprint density at radius 1 is 1.18 bits per heavy atom. The molecule has 0 aliphatic heterocycles. The highest BCUT2D eigenvalue weighted by Gasteiger charge is 2.04. The molecule has 0 heterocycles. The van der Waals surface area contributed by atoms with E-state index in [2.05, 4.69) is 0 Å². The van der Waals surface area contributed by atoms with Crippen LogP contribution < -0.4 is 0 Å². The Labute approximate surface area is 63.3 Å². The van der Waals surface area contributed by atoms with Crippen molar-refractivity contribution in [2.24, 2.45) is 0 Å². The smallest absolute Gasteiger partial charge is 0.126 e. The van der Waals surface area contributed by atoms with Gasteiger partial charge in [-0.25, -0.2) is 8.78 Å². The molecule has 0 aliphatic carbocycles. The van der Waals surface area contributed by atoms with E-state index in [9.17, 15) is 8.78 Å². The molecule has 1 rings (SSSR count). The number of benzene rings is 1. The van der Waals surface area contributed by atoms with Gasteiger partial charge >= 0.3 is 0 Å². The van der Waals surface area contributed by atoms with Crippen LogP contribution >= 0.6 is 0 Å². The maximum atomic E-state index is 12.4. The zero-order valence-electron chi connectivity index (χ0n) is 6.01. The minimum atomic E-state index is -0.833. The van der Waals surface area contributed by atoms with Crippen molar-refractivity contribution < 1.29 is 13.9 Å². The predicted molar refractivity (Wildman–Crippen MR) is 37.0 cm³/mol. The van der Waals surface area contributed by atoms with Gasteiger partial charge in [0.05, 0.1) is 6.10 Å². The average Bonchev–Trinajstić information content (AvgIpc) is 1.85. The van der Waals surface area contributed by atoms with Gasteiger partial charge in [-0.05, 0) is 24.6 Å². The SMILES string of the molecule is C[C@@H](O)c1cc(F)cc(F)c1. The molecule has 0 aliphatic rings. The minimum Gasteiger partial charge on any atom is -0.389 e. The van der Waals surface area contributed by atoms with E-state index in [0.29, 0.717) is 0 Å². The van der Waals surface area contributed by atoms with Crippen LogP contribution in [-0.4, -0.2) is 5.11 Å². The summed E-state index contributed by atoms with van der Waals surface area (Å²) in [5, 5.41) is 8.94. The molecule has 0 fully saturated rings. The first-order valence-corrected chi connectivity index (χ1v) is 3.23. The van der Waals surface area contributed by atoms with Crippen LogP contribution in [0, 0.1) is 11.6 Å². The van der Waals surface area contributed by atoms with Crippen molar-refractivity contribution in [3.8, 4) is 0 Å². The molecule has 0 aromatic heterocycles. The molecule has 0 saturated carbocycles. The summed E-state index contributed by atoms with van der Waals surface area (Å²) in [5.74, 6) is -1.33. The van der Waals surface area contributed by atoms with Gasteiger partial charge < -0.3 is 5.11 Å². The molecule has 60 valence electrons. The topological polar surface area (TPSA) is 20.2 Å². The lowest BCUT2D eigenvalue weighted by molar-refractivity contribution is 0.198. The van der Waals surface area contributed by atoms with Crippen molar-refractivity contribution in [2.75, 3.05) is 0 Å². The zero-order valence-corrected chi connectivity index (χ0v) is 6.01. The Kier molecular flexibility index (Phi) is 2.19. The van der Waals surface area contributed by atoms with Gasteiger partial charge in [0.25, 0.3) is 0 Å². The van der Waals surface area contributed by atoms with Crippen LogP contribution in [0.1, 0.15) is 18.6 Å². The summed E-state index contributed by atoms with van der Waals surface area (Å²) in [7, 11) is 0. The van der Waals surface area contributed by atoms with E-state index in [4.69, 9.17) is 5.11 Å². The third-order valence-corrected chi connectivity index (χ3v) is 1.37. The number of hydrogen-bond acceptors (Lipinski definition) is 1. The fourth-order valence-electron chi connectivity index (χ4n) is 0.816. The Hall–Kier alpha value is -0.960. The fraction of sp³-hybridized carbons (Fsp3) is 0.250. The van der Waals surface area contributed by atoms with Crippen LogP contribution in [0.5, 0.6) is 0 Å². The molecule has 1 atom stereocenters. The van der Waals surface area contributed by atoms with Gasteiger partial charge in [-0.1, -0.05) is 0 Å². The highest BCUT2D eigenvalue weighted by molar-refractivity contribution is 5.19. The van der Waals surface area contributed by atoms with E-state index in [-0.39, 0.29) is 5.56 Å². The van der Waals surface area contributed by atoms with E-state index < -0.39 is 17.7 Å². The van der Waals surface area contributed by atoms with Crippen molar-refractivity contribution in [2.45, 2.75) is 13.0 Å². The molecule has 0 unspecified atom stereocenters. The van der Waals surface area contributed by atoms with Crippen LogP contribution in [0.25, 0.3) is 0 Å². The van der Waals surface area contributed by atoms with Gasteiger partial charge in [-0.3, -0.25) is 0 Å². The van der Waals surface area contributed by atoms with Crippen molar-refractivity contribution in [3.63, 3.8) is 0 Å². The summed E-state index contributed by atoms with van der Waals surface area (Å²) < 4.78 is 24.9. The monoisotopic (exact) mass is 158 g/mol. The molecular formula is C8H8F2O. The number of aliphatic hydroxyl groups excluding tert-OH is 1. The first kappa shape index (κ1) is 8.14. The van der Waals surface area contributed by atoms with Gasteiger partial charge in [0.15, 0.2) is 0 Å². The van der Waals surface area contributed by atoms with E-state index in [0.717, 1.165) is 18.2 Å². The standard InChI is InChI=1S/C8H8F2O/c1-5(11)6-2-7(9)4-8(10)3-6/h2-5,11H,1H3/t5-/m1/s1. The van der Waals surface area contributed by atoms with E-state index >= 15 is 0 Å². The second-order valence-electron chi connectivity index (χ2n) is 2.38. The van der Waals surface area contributed by atoms with Gasteiger partial charge in [0.1, 0.15) is 11.6 Å². The van der Waals surface area contributed by atoms with Crippen LogP contribution in [0.2, 0.25) is 0 Å². The van der Waals surface area contributed by atoms with Crippen molar-refractivity contribution >= 4 is 0 Å². The number of aliphatic hydroxyl groups is 1. The Bertz CT molecular complexity index is 238. The molecule has 11 heavy (non-hydrogen) atoms. The highest BCUT2D eigenvalue weighted by Crippen LogP contribution is 2.14. The molecule has 1 aromatic rings. The quantitative estimate of drug-likeness (QED) is 0.662. The number of halogens is 2. The average molecular weight is 158 g/mol. The largest absolute Gasteiger partial charge is 0.389 e. The summed E-state index contributed by atoms with van der Waals surface area (Å²) in [4.78, 5) is 0. The first-order valence-electron chi connectivity index (χ1n) is 3.23. The predicted octanol–water partition coefficient (Wildman–Crippen LogP) is 2.02. The van der Waals surface area contributed by atoms with Gasteiger partial charge in [-0.2, -0.15) is 0 Å². The van der Waals surface area contributed by atoms with Gasteiger partial charge in [0, 0.05) is 6.07 Å². The second kappa shape index (κ2) is 2.96. The summed E-state index contributed by atoms with van der Waals surface area (Å²) >= 11 is 0. The molecule has 0 radical (unpaired) electrons. The summed E-state index contributed by atoms with van der Waals surface area (Å²) in [6.07, 6.45) is -0.833. The Morgan fingerprint density at radius 3 is 2.00 bits per heavy atom. The third-order valence-electron chi connectivity index (χ3n) is 1.37. The maximum Gasteiger partial charge on any atom is 0.126 e. The van der Waals surface area contributed by atoms with Crippen LogP contribution in [0.3, 0.4) is 0 Å². The normalized spacial score (nSPS) is 13.1. The van der Waals surface area contributed by atoms with Crippen molar-refractivity contribution in [1.82, 2.24) is 0 Å². The maximum absolute atomic E-state index is 12.4. The minimum absolute atomic E-state index is 0.252. The first-order chi connectivity index (χ1) is 5.09. The van der Waals surface area contributed by atoms with E-state index in [1.54, 1.807) is 0 Å². The summed E-state index contributed by atoms with van der Waals surface area (Å²) in [6, 6.07) is 2.98. The molecule has 1 aromatic carbocycles. The van der Waals surface area contributed by atoms with Crippen molar-refractivity contribution in [3.05, 3.63) is 35.4 Å². The molecule has 1 N–H and O–H groups in total. The van der Waals surface area contributed by atoms with Crippen LogP contribution in [0.15, 0.2) is 18.2 Å². The Morgan fingerprint density at radius 2 is 1.64 bits per heavy atom. The molecular weight excluding hydrogens is 150 g/mol. The molecule has 3 heteroatoms. The van der Waals surface area contributed by atoms with Crippen LogP contribution in [-0.2, 0) is 0 Å². The molecule has 0 saturated heterocycles. The fourth-order valence-corrected chi connectivity index (χ4v) is 0.816. The lowest BCUT2D eigenvalue weighted by Crippen LogP contribution is -1.93. The lowest BCUT2D eigenvalue weighted by Gasteiger charge is -2.03. The van der Waals surface area contributed by atoms with Gasteiger partial charge in [0.2, 0.25) is 0 Å². The van der Waals surface area contributed by atoms with E-state index in [1.807, 2.05) is 0 Å². The van der Waals surface area contributed by atoms with Gasteiger partial charge in [-0.15, -0.1) is 0 Å². The number of hydrogen-bond donors (Lipinski definition) is 1. The number of rotatable bonds is 1. The second-order valence-corrected chi connectivity index (χ2v) is 2.38. The van der Waals surface area contributed by atoms with Crippen LogP contribution in [0.4, 0.5) is 8.78 Å². The molecule has 0 bridgehead atoms. The molecule has 0 spiro atoms. The van der Waals surface area contributed by atoms with E-state index in [1.165, 1.54) is 6.92 Å².